The van der Waals surface area contributed by atoms with Crippen molar-refractivity contribution in [1.82, 2.24) is 9.97 Å². The van der Waals surface area contributed by atoms with E-state index in [1.165, 1.54) is 0 Å². The molecule has 0 aliphatic carbocycles. The summed E-state index contributed by atoms with van der Waals surface area (Å²) >= 11 is 0. The largest absolute Gasteiger partial charge is 0.496 e. The Morgan fingerprint density at radius 1 is 1.38 bits per heavy atom. The maximum absolute atomic E-state index is 11.4. The van der Waals surface area contributed by atoms with E-state index in [9.17, 15) is 10.1 Å². The first-order valence-corrected chi connectivity index (χ1v) is 7.34. The summed E-state index contributed by atoms with van der Waals surface area (Å²) in [4.78, 5) is 18.6. The van der Waals surface area contributed by atoms with Crippen LogP contribution in [-0.2, 0) is 0 Å². The predicted molar refractivity (Wildman–Crippen MR) is 90.8 cm³/mol. The molecule has 3 rings (SSSR count). The van der Waals surface area contributed by atoms with Crippen LogP contribution in [0.15, 0.2) is 24.4 Å². The van der Waals surface area contributed by atoms with Crippen molar-refractivity contribution in [3.63, 3.8) is 0 Å². The van der Waals surface area contributed by atoms with E-state index in [0.717, 1.165) is 22.4 Å². The van der Waals surface area contributed by atoms with E-state index in [-0.39, 0.29) is 5.69 Å². The van der Waals surface area contributed by atoms with Crippen molar-refractivity contribution in [3.05, 3.63) is 46.8 Å². The number of carbonyl (C=O) groups is 1. The number of nitriles is 1. The number of H-pyrrole nitrogens is 1. The van der Waals surface area contributed by atoms with Crippen LogP contribution in [0.25, 0.3) is 22.2 Å². The molecule has 1 amide bonds. The fourth-order valence-corrected chi connectivity index (χ4v) is 2.98. The average Bonchev–Trinajstić information content (AvgIpc) is 2.99. The molecule has 6 heteroatoms. The first-order valence-electron chi connectivity index (χ1n) is 7.34. The SMILES string of the molecule is COc1ccc(C)c(-c2cnc3[nH]c(C(N)=O)cc3c2C#N)c1C. The molecule has 0 fully saturated rings. The first kappa shape index (κ1) is 15.6. The van der Waals surface area contributed by atoms with E-state index in [2.05, 4.69) is 16.0 Å². The Labute approximate surface area is 138 Å². The normalized spacial score (nSPS) is 10.6. The van der Waals surface area contributed by atoms with E-state index in [4.69, 9.17) is 10.5 Å². The summed E-state index contributed by atoms with van der Waals surface area (Å²) in [5, 5.41) is 10.3. The van der Waals surface area contributed by atoms with E-state index in [1.807, 2.05) is 26.0 Å². The fraction of sp³-hybridized carbons (Fsp3) is 0.167. The molecule has 3 aromatic rings. The van der Waals surface area contributed by atoms with Gasteiger partial charge in [-0.05, 0) is 42.7 Å². The standard InChI is InChI=1S/C18H16N4O2/c1-9-4-5-15(24-3)10(2)16(9)13-8-21-18-11(12(13)7-19)6-14(22-18)17(20)23/h4-6,8H,1-3H3,(H2,20,23)(H,21,22). The minimum Gasteiger partial charge on any atom is -0.496 e. The monoisotopic (exact) mass is 320 g/mol. The number of carbonyl (C=O) groups excluding carboxylic acids is 1. The number of nitrogens with two attached hydrogens (primary N) is 1. The number of pyridine rings is 1. The maximum Gasteiger partial charge on any atom is 0.265 e. The number of aromatic amines is 1. The Morgan fingerprint density at radius 2 is 2.12 bits per heavy atom. The second kappa shape index (κ2) is 5.70. The minimum atomic E-state index is -0.591. The molecule has 1 aromatic carbocycles. The fourth-order valence-electron chi connectivity index (χ4n) is 2.98. The summed E-state index contributed by atoms with van der Waals surface area (Å²) in [7, 11) is 1.61. The van der Waals surface area contributed by atoms with Crippen LogP contribution in [0.4, 0.5) is 0 Å². The van der Waals surface area contributed by atoms with Gasteiger partial charge in [0.25, 0.3) is 5.91 Å². The molecule has 2 heterocycles. The lowest BCUT2D eigenvalue weighted by Gasteiger charge is -2.15. The van der Waals surface area contributed by atoms with Gasteiger partial charge in [-0.25, -0.2) is 4.98 Å². The minimum absolute atomic E-state index is 0.227. The number of primary amides is 1. The van der Waals surface area contributed by atoms with Crippen molar-refractivity contribution in [2.75, 3.05) is 7.11 Å². The first-order chi connectivity index (χ1) is 11.5. The third-order valence-electron chi connectivity index (χ3n) is 4.15. The van der Waals surface area contributed by atoms with Crippen molar-refractivity contribution >= 4 is 16.9 Å². The second-order valence-electron chi connectivity index (χ2n) is 5.55. The van der Waals surface area contributed by atoms with E-state index >= 15 is 0 Å². The molecule has 0 bridgehead atoms. The molecule has 0 radical (unpaired) electrons. The summed E-state index contributed by atoms with van der Waals surface area (Å²) in [6.07, 6.45) is 1.64. The zero-order valence-corrected chi connectivity index (χ0v) is 13.6. The number of benzene rings is 1. The quantitative estimate of drug-likeness (QED) is 0.774. The number of aryl methyl sites for hydroxylation is 1. The van der Waals surface area contributed by atoms with Gasteiger partial charge in [-0.1, -0.05) is 6.07 Å². The number of nitrogens with zero attached hydrogens (tertiary/aromatic N) is 2. The predicted octanol–water partition coefficient (Wildman–Crippen LogP) is 2.83. The molecular formula is C18H16N4O2. The van der Waals surface area contributed by atoms with Crippen molar-refractivity contribution < 1.29 is 9.53 Å². The molecule has 0 spiro atoms. The third kappa shape index (κ3) is 2.27. The highest BCUT2D eigenvalue weighted by atomic mass is 16.5. The maximum atomic E-state index is 11.4. The Balaban J connectivity index is 2.36. The van der Waals surface area contributed by atoms with Crippen molar-refractivity contribution in [3.8, 4) is 22.9 Å². The lowest BCUT2D eigenvalue weighted by molar-refractivity contribution is 0.0996. The summed E-state index contributed by atoms with van der Waals surface area (Å²) in [5.41, 5.74) is 9.99. The summed E-state index contributed by atoms with van der Waals surface area (Å²) in [6, 6.07) is 7.63. The Morgan fingerprint density at radius 3 is 2.75 bits per heavy atom. The number of nitrogens with one attached hydrogen (secondary N) is 1. The number of aromatic nitrogens is 2. The molecule has 0 saturated carbocycles. The number of methoxy groups -OCH3 is 1. The van der Waals surface area contributed by atoms with Crippen molar-refractivity contribution in [1.29, 1.82) is 5.26 Å². The van der Waals surface area contributed by atoms with E-state index in [0.29, 0.717) is 22.2 Å². The van der Waals surface area contributed by atoms with Gasteiger partial charge in [-0.3, -0.25) is 4.79 Å². The Bertz CT molecular complexity index is 1010. The molecule has 24 heavy (non-hydrogen) atoms. The third-order valence-corrected chi connectivity index (χ3v) is 4.15. The molecule has 2 aromatic heterocycles. The van der Waals surface area contributed by atoms with Gasteiger partial charge in [-0.15, -0.1) is 0 Å². The number of ether oxygens (including phenoxy) is 1. The van der Waals surface area contributed by atoms with Gasteiger partial charge in [0.15, 0.2) is 0 Å². The van der Waals surface area contributed by atoms with Gasteiger partial charge in [0.05, 0.1) is 12.7 Å². The Hall–Kier alpha value is -3.33. The number of hydrogen-bond donors (Lipinski definition) is 2. The van der Waals surface area contributed by atoms with Gasteiger partial charge >= 0.3 is 0 Å². The summed E-state index contributed by atoms with van der Waals surface area (Å²) < 4.78 is 5.39. The smallest absolute Gasteiger partial charge is 0.265 e. The number of amides is 1. The molecule has 0 saturated heterocycles. The molecule has 0 aliphatic rings. The van der Waals surface area contributed by atoms with Gasteiger partial charge in [0, 0.05) is 17.1 Å². The van der Waals surface area contributed by atoms with Crippen LogP contribution >= 0.6 is 0 Å². The lowest BCUT2D eigenvalue weighted by Crippen LogP contribution is -2.10. The van der Waals surface area contributed by atoms with Crippen LogP contribution in [0.1, 0.15) is 27.2 Å². The topological polar surface area (TPSA) is 105 Å². The average molecular weight is 320 g/mol. The highest BCUT2D eigenvalue weighted by Gasteiger charge is 2.18. The van der Waals surface area contributed by atoms with E-state index in [1.54, 1.807) is 19.4 Å². The van der Waals surface area contributed by atoms with Crippen molar-refractivity contribution in [2.45, 2.75) is 13.8 Å². The van der Waals surface area contributed by atoms with Crippen molar-refractivity contribution in [2.24, 2.45) is 5.73 Å². The molecule has 120 valence electrons. The zero-order chi connectivity index (χ0) is 17.4. The molecule has 3 N–H and O–H groups in total. The number of fused-ring (bicyclic) bond motifs is 1. The molecular weight excluding hydrogens is 304 g/mol. The zero-order valence-electron chi connectivity index (χ0n) is 13.6. The number of rotatable bonds is 3. The highest BCUT2D eigenvalue weighted by Crippen LogP contribution is 2.36. The highest BCUT2D eigenvalue weighted by molar-refractivity contribution is 5.99. The molecule has 0 unspecified atom stereocenters. The van der Waals surface area contributed by atoms with Crippen LogP contribution in [0, 0.1) is 25.2 Å². The molecule has 6 nitrogen and oxygen atoms in total. The van der Waals surface area contributed by atoms with Crippen LogP contribution in [0.5, 0.6) is 5.75 Å². The van der Waals surface area contributed by atoms with Crippen LogP contribution in [0.2, 0.25) is 0 Å². The van der Waals surface area contributed by atoms with E-state index < -0.39 is 5.91 Å². The second-order valence-corrected chi connectivity index (χ2v) is 5.55. The van der Waals surface area contributed by atoms with Crippen LogP contribution in [0.3, 0.4) is 0 Å². The van der Waals surface area contributed by atoms with Crippen LogP contribution in [-0.4, -0.2) is 23.0 Å². The Kier molecular flexibility index (Phi) is 3.70. The lowest BCUT2D eigenvalue weighted by atomic mass is 9.92. The molecule has 0 aliphatic heterocycles. The van der Waals surface area contributed by atoms with Gasteiger partial charge in [0.2, 0.25) is 0 Å². The number of hydrogen-bond acceptors (Lipinski definition) is 4. The van der Waals surface area contributed by atoms with Gasteiger partial charge in [-0.2, -0.15) is 5.26 Å². The summed E-state index contributed by atoms with van der Waals surface area (Å²) in [6.45, 7) is 3.91. The molecule has 0 atom stereocenters. The van der Waals surface area contributed by atoms with Crippen LogP contribution < -0.4 is 10.5 Å². The van der Waals surface area contributed by atoms with Gasteiger partial charge in [0.1, 0.15) is 23.2 Å². The summed E-state index contributed by atoms with van der Waals surface area (Å²) in [5.74, 6) is 0.152. The van der Waals surface area contributed by atoms with Gasteiger partial charge < -0.3 is 15.5 Å².